The van der Waals surface area contributed by atoms with Gasteiger partial charge in [-0.2, -0.15) is 0 Å². The summed E-state index contributed by atoms with van der Waals surface area (Å²) in [6, 6.07) is 7.31. The van der Waals surface area contributed by atoms with Crippen LogP contribution in [0.15, 0.2) is 36.5 Å². The minimum atomic E-state index is -3.52. The van der Waals surface area contributed by atoms with Crippen LogP contribution in [0, 0.1) is 18.7 Å². The Hall–Kier alpha value is -2.57. The predicted molar refractivity (Wildman–Crippen MR) is 141 cm³/mol. The highest BCUT2D eigenvalue weighted by molar-refractivity contribution is 7.92. The van der Waals surface area contributed by atoms with Crippen LogP contribution in [0.3, 0.4) is 0 Å². The average Bonchev–Trinajstić information content (AvgIpc) is 3.11. The van der Waals surface area contributed by atoms with E-state index in [0.29, 0.717) is 33.0 Å². The molecule has 1 aliphatic heterocycles. The number of nitrogens with zero attached hydrogens (tertiary/aromatic N) is 2. The van der Waals surface area contributed by atoms with E-state index in [9.17, 15) is 22.7 Å². The highest BCUT2D eigenvalue weighted by Gasteiger charge is 2.30. The van der Waals surface area contributed by atoms with Crippen molar-refractivity contribution in [3.05, 3.63) is 62.7 Å². The number of aryl methyl sites for hydroxylation is 1. The number of thiophene rings is 1. The van der Waals surface area contributed by atoms with Crippen molar-refractivity contribution < 1.29 is 22.7 Å². The number of carbonyl (C=O) groups excluding carboxylic acids is 1. The Labute approximate surface area is 218 Å². The van der Waals surface area contributed by atoms with Crippen LogP contribution in [0.5, 0.6) is 0 Å². The number of aliphatic hydroxyl groups excluding tert-OH is 1. The van der Waals surface area contributed by atoms with Gasteiger partial charge in [0.15, 0.2) is 0 Å². The molecule has 1 aliphatic rings. The first-order valence-corrected chi connectivity index (χ1v) is 14.2. The third kappa shape index (κ3) is 6.40. The average molecular weight is 553 g/mol. The third-order valence-electron chi connectivity index (χ3n) is 5.83. The Bertz CT molecular complexity index is 1410. The van der Waals surface area contributed by atoms with Crippen molar-refractivity contribution in [2.24, 2.45) is 5.92 Å². The fourth-order valence-electron chi connectivity index (χ4n) is 4.14. The van der Waals surface area contributed by atoms with E-state index < -0.39 is 27.9 Å². The summed E-state index contributed by atoms with van der Waals surface area (Å²) in [5, 5.41) is 13.3. The second kappa shape index (κ2) is 10.4. The van der Waals surface area contributed by atoms with Crippen LogP contribution in [-0.2, 0) is 16.4 Å². The Morgan fingerprint density at radius 3 is 2.61 bits per heavy atom. The lowest BCUT2D eigenvalue weighted by molar-refractivity contribution is 0.0107. The monoisotopic (exact) mass is 552 g/mol. The van der Waals surface area contributed by atoms with Gasteiger partial charge < -0.3 is 15.3 Å². The van der Waals surface area contributed by atoms with Crippen molar-refractivity contribution >= 4 is 50.2 Å². The summed E-state index contributed by atoms with van der Waals surface area (Å²) >= 11 is 7.25. The van der Waals surface area contributed by atoms with Crippen molar-refractivity contribution in [3.8, 4) is 11.3 Å². The molecule has 1 aromatic carbocycles. The van der Waals surface area contributed by atoms with Crippen molar-refractivity contribution in [1.29, 1.82) is 0 Å². The topological polar surface area (TPSA) is 112 Å². The van der Waals surface area contributed by atoms with Crippen molar-refractivity contribution in [2.75, 3.05) is 36.4 Å². The number of likely N-dealkylation sites (tertiary alicyclic amines) is 1. The van der Waals surface area contributed by atoms with Crippen molar-refractivity contribution in [2.45, 2.75) is 19.4 Å². The number of rotatable bonds is 8. The molecule has 3 aromatic rings. The molecule has 1 fully saturated rings. The SMILES string of the molecule is Cc1sc(C(=O)Nc2cc(Cl)cc(NS(C)(=O)=O)c2)cc1-c1ncc(C[C@H](O)C2CN(C)C2)cc1F. The van der Waals surface area contributed by atoms with E-state index in [1.54, 1.807) is 19.2 Å². The molecule has 4 rings (SSSR count). The minimum absolute atomic E-state index is 0.131. The summed E-state index contributed by atoms with van der Waals surface area (Å²) in [5.74, 6) is -0.798. The molecule has 3 N–H and O–H groups in total. The molecule has 8 nitrogen and oxygen atoms in total. The van der Waals surface area contributed by atoms with E-state index in [4.69, 9.17) is 11.6 Å². The number of nitrogens with one attached hydrogen (secondary N) is 2. The Morgan fingerprint density at radius 1 is 1.28 bits per heavy atom. The van der Waals surface area contributed by atoms with Gasteiger partial charge in [-0.15, -0.1) is 11.3 Å². The molecule has 1 atom stereocenters. The third-order valence-corrected chi connectivity index (χ3v) is 7.71. The number of sulfonamides is 1. The van der Waals surface area contributed by atoms with Crippen LogP contribution >= 0.6 is 22.9 Å². The molecule has 0 saturated carbocycles. The largest absolute Gasteiger partial charge is 0.392 e. The predicted octanol–water partition coefficient (Wildman–Crippen LogP) is 4.00. The molecule has 0 aliphatic carbocycles. The molecule has 192 valence electrons. The summed E-state index contributed by atoms with van der Waals surface area (Å²) in [6.07, 6.45) is 2.35. The smallest absolute Gasteiger partial charge is 0.265 e. The van der Waals surface area contributed by atoms with E-state index in [2.05, 4.69) is 19.9 Å². The summed E-state index contributed by atoms with van der Waals surface area (Å²) in [4.78, 5) is 20.3. The number of benzene rings is 1. The molecule has 12 heteroatoms. The van der Waals surface area contributed by atoms with Gasteiger partial charge in [0.1, 0.15) is 11.5 Å². The molecule has 0 radical (unpaired) electrons. The van der Waals surface area contributed by atoms with Gasteiger partial charge in [0.25, 0.3) is 5.91 Å². The molecule has 1 saturated heterocycles. The van der Waals surface area contributed by atoms with E-state index in [-0.39, 0.29) is 22.3 Å². The number of aliphatic hydroxyl groups is 1. The maximum atomic E-state index is 15.0. The zero-order valence-corrected chi connectivity index (χ0v) is 22.3. The lowest BCUT2D eigenvalue weighted by Gasteiger charge is -2.39. The lowest BCUT2D eigenvalue weighted by atomic mass is 9.90. The van der Waals surface area contributed by atoms with E-state index in [1.807, 2.05) is 7.05 Å². The zero-order chi connectivity index (χ0) is 26.2. The molecule has 1 amide bonds. The molecule has 3 heterocycles. The van der Waals surface area contributed by atoms with Gasteiger partial charge in [0.2, 0.25) is 10.0 Å². The van der Waals surface area contributed by atoms with Crippen LogP contribution in [0.4, 0.5) is 15.8 Å². The van der Waals surface area contributed by atoms with Crippen LogP contribution in [0.25, 0.3) is 11.3 Å². The second-order valence-electron chi connectivity index (χ2n) is 9.06. The quantitative estimate of drug-likeness (QED) is 0.389. The molecular weight excluding hydrogens is 527 g/mol. The van der Waals surface area contributed by atoms with Crippen LogP contribution in [-0.4, -0.2) is 61.8 Å². The number of carbonyl (C=O) groups is 1. The fourth-order valence-corrected chi connectivity index (χ4v) is 5.84. The van der Waals surface area contributed by atoms with Crippen LogP contribution < -0.4 is 10.0 Å². The molecule has 36 heavy (non-hydrogen) atoms. The Morgan fingerprint density at radius 2 is 1.97 bits per heavy atom. The molecule has 0 unspecified atom stereocenters. The summed E-state index contributed by atoms with van der Waals surface area (Å²) in [5.41, 5.74) is 1.76. The fraction of sp³-hybridized carbons (Fsp3) is 0.333. The maximum absolute atomic E-state index is 15.0. The number of aromatic nitrogens is 1. The standard InChI is InChI=1S/C24H26ClFN4O4S2/c1-13-19(23-20(26)4-14(10-27-23)5-21(31)15-11-30(2)12-15)9-22(35-13)24(32)28-17-6-16(25)7-18(8-17)29-36(3,33)34/h4,6-10,15,21,29,31H,5,11-12H2,1-3H3,(H,28,32)/t21-/m0/s1. The van der Waals surface area contributed by atoms with Gasteiger partial charge >= 0.3 is 0 Å². The first-order valence-electron chi connectivity index (χ1n) is 11.1. The number of hydrogen-bond acceptors (Lipinski definition) is 7. The van der Waals surface area contributed by atoms with Gasteiger partial charge in [-0.25, -0.2) is 12.8 Å². The number of hydrogen-bond donors (Lipinski definition) is 3. The molecule has 0 spiro atoms. The summed E-state index contributed by atoms with van der Waals surface area (Å²) < 4.78 is 40.3. The van der Waals surface area contributed by atoms with Crippen LogP contribution in [0.2, 0.25) is 5.02 Å². The highest BCUT2D eigenvalue weighted by Crippen LogP contribution is 2.33. The van der Waals surface area contributed by atoms with Crippen LogP contribution in [0.1, 0.15) is 20.1 Å². The molecule has 2 aromatic heterocycles. The summed E-state index contributed by atoms with van der Waals surface area (Å²) in [7, 11) is -1.54. The van der Waals surface area contributed by atoms with Gasteiger partial charge in [-0.3, -0.25) is 14.5 Å². The normalized spacial score (nSPS) is 15.4. The minimum Gasteiger partial charge on any atom is -0.392 e. The number of amides is 1. The van der Waals surface area contributed by atoms with Gasteiger partial charge in [-0.1, -0.05) is 11.6 Å². The number of halogens is 2. The first kappa shape index (κ1) is 26.5. The zero-order valence-electron chi connectivity index (χ0n) is 19.9. The van der Waals surface area contributed by atoms with E-state index in [0.717, 1.165) is 19.3 Å². The van der Waals surface area contributed by atoms with Gasteiger partial charge in [0.05, 0.1) is 22.9 Å². The second-order valence-corrected chi connectivity index (χ2v) is 12.5. The lowest BCUT2D eigenvalue weighted by Crippen LogP contribution is -2.50. The molecule has 0 bridgehead atoms. The number of anilines is 2. The van der Waals surface area contributed by atoms with E-state index in [1.165, 1.54) is 35.6 Å². The van der Waals surface area contributed by atoms with Gasteiger partial charge in [0, 0.05) is 52.8 Å². The van der Waals surface area contributed by atoms with Gasteiger partial charge in [-0.05, 0) is 49.9 Å². The Balaban J connectivity index is 1.49. The van der Waals surface area contributed by atoms with Crippen molar-refractivity contribution in [1.82, 2.24) is 9.88 Å². The number of pyridine rings is 1. The van der Waals surface area contributed by atoms with E-state index >= 15 is 0 Å². The first-order chi connectivity index (χ1) is 16.9. The molecular formula is C24H26ClFN4O4S2. The highest BCUT2D eigenvalue weighted by atomic mass is 35.5. The van der Waals surface area contributed by atoms with Crippen molar-refractivity contribution in [3.63, 3.8) is 0 Å². The maximum Gasteiger partial charge on any atom is 0.265 e. The Kier molecular flexibility index (Phi) is 7.67. The summed E-state index contributed by atoms with van der Waals surface area (Å²) in [6.45, 7) is 3.41.